The highest BCUT2D eigenvalue weighted by atomic mass is 32.1. The van der Waals surface area contributed by atoms with E-state index in [-0.39, 0.29) is 24.0 Å². The van der Waals surface area contributed by atoms with Crippen LogP contribution in [0.4, 0.5) is 0 Å². The summed E-state index contributed by atoms with van der Waals surface area (Å²) in [7, 11) is 0. The summed E-state index contributed by atoms with van der Waals surface area (Å²) in [5, 5.41) is 15.6. The quantitative estimate of drug-likeness (QED) is 0.853. The fourth-order valence-electron chi connectivity index (χ4n) is 1.39. The van der Waals surface area contributed by atoms with Gasteiger partial charge in [-0.15, -0.1) is 5.10 Å². The average molecular weight is 257 g/mol. The van der Waals surface area contributed by atoms with Crippen molar-refractivity contribution in [1.82, 2.24) is 14.9 Å². The number of nitrogens with zero attached hydrogens (tertiary/aromatic N) is 2. The van der Waals surface area contributed by atoms with Crippen LogP contribution in [0.25, 0.3) is 0 Å². The molecule has 0 aromatic carbocycles. The molecule has 96 valence electrons. The highest BCUT2D eigenvalue weighted by Gasteiger charge is 2.26. The maximum Gasteiger partial charge on any atom is 0.265 e. The largest absolute Gasteiger partial charge is 0.396 e. The van der Waals surface area contributed by atoms with Crippen LogP contribution < -0.4 is 5.32 Å². The SMILES string of the molecule is CC(CCO)NC(=O)c1snnc1C(C)(C)C. The van der Waals surface area contributed by atoms with Crippen LogP contribution in [0.5, 0.6) is 0 Å². The minimum Gasteiger partial charge on any atom is -0.396 e. The Hall–Kier alpha value is -1.01. The van der Waals surface area contributed by atoms with Crippen LogP contribution in [0.2, 0.25) is 0 Å². The first-order chi connectivity index (χ1) is 7.86. The molecule has 17 heavy (non-hydrogen) atoms. The monoisotopic (exact) mass is 257 g/mol. The van der Waals surface area contributed by atoms with Crippen molar-refractivity contribution in [3.05, 3.63) is 10.6 Å². The van der Waals surface area contributed by atoms with E-state index in [1.54, 1.807) is 0 Å². The first-order valence-electron chi connectivity index (χ1n) is 5.60. The number of hydrogen-bond acceptors (Lipinski definition) is 5. The number of carbonyl (C=O) groups excluding carboxylic acids is 1. The smallest absolute Gasteiger partial charge is 0.265 e. The maximum absolute atomic E-state index is 12.0. The second-order valence-corrected chi connectivity index (χ2v) is 5.84. The van der Waals surface area contributed by atoms with Gasteiger partial charge in [0.25, 0.3) is 5.91 Å². The van der Waals surface area contributed by atoms with Gasteiger partial charge in [0.2, 0.25) is 0 Å². The minimum atomic E-state index is -0.195. The first-order valence-corrected chi connectivity index (χ1v) is 6.38. The Morgan fingerprint density at radius 1 is 1.53 bits per heavy atom. The molecule has 1 aromatic rings. The van der Waals surface area contributed by atoms with E-state index in [9.17, 15) is 4.79 Å². The Balaban J connectivity index is 2.80. The molecule has 0 aliphatic carbocycles. The number of aromatic nitrogens is 2. The van der Waals surface area contributed by atoms with Crippen LogP contribution in [-0.4, -0.2) is 33.2 Å². The lowest BCUT2D eigenvalue weighted by molar-refractivity contribution is 0.0936. The summed E-state index contributed by atoms with van der Waals surface area (Å²) >= 11 is 1.11. The van der Waals surface area contributed by atoms with Crippen LogP contribution in [-0.2, 0) is 5.41 Å². The summed E-state index contributed by atoms with van der Waals surface area (Å²) in [6, 6.07) is -0.0533. The van der Waals surface area contributed by atoms with Gasteiger partial charge in [0.15, 0.2) is 0 Å². The van der Waals surface area contributed by atoms with E-state index in [0.717, 1.165) is 17.2 Å². The molecule has 1 amide bonds. The van der Waals surface area contributed by atoms with Crippen LogP contribution in [0, 0.1) is 0 Å². The molecule has 0 radical (unpaired) electrons. The van der Waals surface area contributed by atoms with E-state index in [0.29, 0.717) is 11.3 Å². The number of carbonyl (C=O) groups is 1. The summed E-state index contributed by atoms with van der Waals surface area (Å²) < 4.78 is 3.84. The molecule has 1 atom stereocenters. The summed E-state index contributed by atoms with van der Waals surface area (Å²) in [5.41, 5.74) is 0.524. The van der Waals surface area contributed by atoms with Crippen molar-refractivity contribution in [2.45, 2.75) is 45.6 Å². The fourth-order valence-corrected chi connectivity index (χ4v) is 2.16. The molecule has 1 rings (SSSR count). The minimum absolute atomic E-state index is 0.0533. The van der Waals surface area contributed by atoms with E-state index in [2.05, 4.69) is 14.9 Å². The second kappa shape index (κ2) is 5.55. The van der Waals surface area contributed by atoms with E-state index in [1.807, 2.05) is 27.7 Å². The van der Waals surface area contributed by atoms with Crippen molar-refractivity contribution in [2.75, 3.05) is 6.61 Å². The lowest BCUT2D eigenvalue weighted by Crippen LogP contribution is -2.34. The zero-order chi connectivity index (χ0) is 13.1. The zero-order valence-corrected chi connectivity index (χ0v) is 11.5. The van der Waals surface area contributed by atoms with Crippen molar-refractivity contribution in [3.8, 4) is 0 Å². The molecule has 0 saturated carbocycles. The van der Waals surface area contributed by atoms with E-state index in [4.69, 9.17) is 5.11 Å². The molecule has 1 unspecified atom stereocenters. The van der Waals surface area contributed by atoms with Crippen LogP contribution in [0.15, 0.2) is 0 Å². The molecule has 0 saturated heterocycles. The van der Waals surface area contributed by atoms with Gasteiger partial charge < -0.3 is 10.4 Å². The van der Waals surface area contributed by atoms with E-state index < -0.39 is 0 Å². The third kappa shape index (κ3) is 3.74. The fraction of sp³-hybridized carbons (Fsp3) is 0.727. The molecule has 0 aliphatic heterocycles. The third-order valence-corrected chi connectivity index (χ3v) is 3.07. The average Bonchev–Trinajstić information content (AvgIpc) is 2.65. The lowest BCUT2D eigenvalue weighted by atomic mass is 9.91. The van der Waals surface area contributed by atoms with Gasteiger partial charge in [-0.1, -0.05) is 25.3 Å². The number of hydrogen-bond donors (Lipinski definition) is 2. The predicted molar refractivity (Wildman–Crippen MR) is 67.2 cm³/mol. The summed E-state index contributed by atoms with van der Waals surface area (Å²) in [6.07, 6.45) is 0.544. The Morgan fingerprint density at radius 3 is 2.71 bits per heavy atom. The molecule has 2 N–H and O–H groups in total. The highest BCUT2D eigenvalue weighted by Crippen LogP contribution is 2.25. The number of aliphatic hydroxyl groups excluding tert-OH is 1. The Labute approximate surface area is 105 Å². The molecular weight excluding hydrogens is 238 g/mol. The van der Waals surface area contributed by atoms with Crippen LogP contribution in [0.3, 0.4) is 0 Å². The molecule has 0 spiro atoms. The van der Waals surface area contributed by atoms with Crippen LogP contribution in [0.1, 0.15) is 49.5 Å². The van der Waals surface area contributed by atoms with Crippen molar-refractivity contribution in [2.24, 2.45) is 0 Å². The Bertz CT molecular complexity index is 384. The molecule has 0 aliphatic rings. The van der Waals surface area contributed by atoms with Crippen molar-refractivity contribution in [1.29, 1.82) is 0 Å². The summed E-state index contributed by atoms with van der Waals surface area (Å²) in [5.74, 6) is -0.161. The summed E-state index contributed by atoms with van der Waals surface area (Å²) in [4.78, 5) is 12.6. The van der Waals surface area contributed by atoms with Crippen molar-refractivity contribution >= 4 is 17.4 Å². The van der Waals surface area contributed by atoms with Gasteiger partial charge in [0.05, 0.1) is 5.69 Å². The van der Waals surface area contributed by atoms with Crippen molar-refractivity contribution < 1.29 is 9.90 Å². The molecule has 0 fully saturated rings. The zero-order valence-electron chi connectivity index (χ0n) is 10.6. The second-order valence-electron chi connectivity index (χ2n) is 5.09. The van der Waals surface area contributed by atoms with Gasteiger partial charge in [0.1, 0.15) is 4.88 Å². The van der Waals surface area contributed by atoms with Gasteiger partial charge in [-0.2, -0.15) is 0 Å². The number of amides is 1. The first kappa shape index (κ1) is 14.1. The summed E-state index contributed by atoms with van der Waals surface area (Å²) in [6.45, 7) is 7.92. The number of aliphatic hydroxyl groups is 1. The van der Waals surface area contributed by atoms with Gasteiger partial charge in [-0.05, 0) is 24.9 Å². The number of nitrogens with one attached hydrogen (secondary N) is 1. The maximum atomic E-state index is 12.0. The lowest BCUT2D eigenvalue weighted by Gasteiger charge is -2.17. The van der Waals surface area contributed by atoms with E-state index in [1.165, 1.54) is 0 Å². The normalized spacial score (nSPS) is 13.5. The molecule has 1 aromatic heterocycles. The topological polar surface area (TPSA) is 75.1 Å². The predicted octanol–water partition coefficient (Wildman–Crippen LogP) is 1.34. The standard InChI is InChI=1S/C11H19N3O2S/c1-7(5-6-15)12-10(16)8-9(11(2,3)4)13-14-17-8/h7,15H,5-6H2,1-4H3,(H,12,16). The third-order valence-electron chi connectivity index (χ3n) is 2.34. The molecule has 5 nitrogen and oxygen atoms in total. The number of rotatable bonds is 4. The van der Waals surface area contributed by atoms with E-state index >= 15 is 0 Å². The Kier molecular flexibility index (Phi) is 4.59. The van der Waals surface area contributed by atoms with Gasteiger partial charge >= 0.3 is 0 Å². The molecular formula is C11H19N3O2S. The van der Waals surface area contributed by atoms with Gasteiger partial charge in [0, 0.05) is 18.1 Å². The highest BCUT2D eigenvalue weighted by molar-refractivity contribution is 7.08. The van der Waals surface area contributed by atoms with Gasteiger partial charge in [-0.25, -0.2) is 0 Å². The van der Waals surface area contributed by atoms with Crippen molar-refractivity contribution in [3.63, 3.8) is 0 Å². The Morgan fingerprint density at radius 2 is 2.18 bits per heavy atom. The molecule has 1 heterocycles. The molecule has 0 bridgehead atoms. The molecule has 6 heteroatoms. The van der Waals surface area contributed by atoms with Gasteiger partial charge in [-0.3, -0.25) is 4.79 Å². The van der Waals surface area contributed by atoms with Crippen LogP contribution >= 0.6 is 11.5 Å².